The summed E-state index contributed by atoms with van der Waals surface area (Å²) < 4.78 is 37.9. The first-order chi connectivity index (χ1) is 10.3. The maximum absolute atomic E-state index is 12.4. The van der Waals surface area contributed by atoms with Gasteiger partial charge in [-0.15, -0.1) is 0 Å². The van der Waals surface area contributed by atoms with Crippen LogP contribution in [0.5, 0.6) is 5.75 Å². The highest BCUT2D eigenvalue weighted by Gasteiger charge is 2.25. The van der Waals surface area contributed by atoms with Gasteiger partial charge in [-0.25, -0.2) is 13.1 Å². The zero-order valence-corrected chi connectivity index (χ0v) is 13.9. The van der Waals surface area contributed by atoms with Crippen LogP contribution in [0.2, 0.25) is 0 Å². The van der Waals surface area contributed by atoms with Gasteiger partial charge in [-0.1, -0.05) is 23.4 Å². The van der Waals surface area contributed by atoms with Crippen LogP contribution in [0.25, 0.3) is 0 Å². The van der Waals surface area contributed by atoms with Crippen molar-refractivity contribution in [3.8, 4) is 5.75 Å². The monoisotopic (exact) mass is 324 g/mol. The van der Waals surface area contributed by atoms with Crippen molar-refractivity contribution in [1.82, 2.24) is 9.88 Å². The number of rotatable bonds is 6. The van der Waals surface area contributed by atoms with Gasteiger partial charge in [-0.2, -0.15) is 0 Å². The summed E-state index contributed by atoms with van der Waals surface area (Å²) in [4.78, 5) is 0.0928. The number of nitrogens with zero attached hydrogens (tertiary/aromatic N) is 1. The smallest absolute Gasteiger partial charge is 0.246 e. The van der Waals surface area contributed by atoms with Gasteiger partial charge < -0.3 is 9.26 Å². The summed E-state index contributed by atoms with van der Waals surface area (Å²) in [5, 5.41) is 3.67. The Morgan fingerprint density at radius 2 is 1.95 bits per heavy atom. The lowest BCUT2D eigenvalue weighted by Gasteiger charge is -2.16. The van der Waals surface area contributed by atoms with E-state index >= 15 is 0 Å². The quantitative estimate of drug-likeness (QED) is 0.882. The Labute approximate surface area is 130 Å². The minimum Gasteiger partial charge on any atom is -0.492 e. The average molecular weight is 324 g/mol. The predicted octanol–water partition coefficient (Wildman–Crippen LogP) is 2.35. The molecule has 7 heteroatoms. The van der Waals surface area contributed by atoms with E-state index in [2.05, 4.69) is 9.88 Å². The molecule has 0 spiro atoms. The van der Waals surface area contributed by atoms with Crippen molar-refractivity contribution in [1.29, 1.82) is 0 Å². The third-order valence-electron chi connectivity index (χ3n) is 3.18. The molecule has 0 radical (unpaired) electrons. The molecular formula is C15H20N2O4S. The van der Waals surface area contributed by atoms with E-state index in [9.17, 15) is 8.42 Å². The molecule has 2 rings (SSSR count). The maximum Gasteiger partial charge on any atom is 0.246 e. The zero-order valence-electron chi connectivity index (χ0n) is 13.1. The Morgan fingerprint density at radius 3 is 2.55 bits per heavy atom. The lowest BCUT2D eigenvalue weighted by molar-refractivity contribution is 0.285. The van der Waals surface area contributed by atoms with E-state index in [0.29, 0.717) is 5.69 Å². The van der Waals surface area contributed by atoms with Crippen LogP contribution >= 0.6 is 0 Å². The summed E-state index contributed by atoms with van der Waals surface area (Å²) in [5.41, 5.74) is 1.35. The SMILES string of the molecule is Cc1ccccc1OCC(C)NS(=O)(=O)c1c(C)noc1C. The highest BCUT2D eigenvalue weighted by Crippen LogP contribution is 2.19. The molecule has 1 N–H and O–H groups in total. The van der Waals surface area contributed by atoms with Crippen molar-refractivity contribution < 1.29 is 17.7 Å². The number of aryl methyl sites for hydroxylation is 3. The minimum absolute atomic E-state index is 0.0928. The number of para-hydroxylation sites is 1. The third kappa shape index (κ3) is 3.66. The standard InChI is InChI=1S/C15H20N2O4S/c1-10-7-5-6-8-14(10)20-9-11(2)17-22(18,19)15-12(3)16-21-13(15)4/h5-8,11,17H,9H2,1-4H3. The highest BCUT2D eigenvalue weighted by atomic mass is 32.2. The van der Waals surface area contributed by atoms with Crippen molar-refractivity contribution in [2.24, 2.45) is 0 Å². The summed E-state index contributed by atoms with van der Waals surface area (Å²) in [6.45, 7) is 7.08. The molecule has 0 bridgehead atoms. The molecule has 1 aromatic carbocycles. The van der Waals surface area contributed by atoms with Crippen LogP contribution in [-0.2, 0) is 10.0 Å². The van der Waals surface area contributed by atoms with Gasteiger partial charge in [-0.3, -0.25) is 0 Å². The highest BCUT2D eigenvalue weighted by molar-refractivity contribution is 7.89. The minimum atomic E-state index is -3.68. The number of aromatic nitrogens is 1. The summed E-state index contributed by atoms with van der Waals surface area (Å²) >= 11 is 0. The van der Waals surface area contributed by atoms with Crippen LogP contribution in [0.3, 0.4) is 0 Å². The van der Waals surface area contributed by atoms with Crippen LogP contribution in [0.15, 0.2) is 33.7 Å². The van der Waals surface area contributed by atoms with Crippen LogP contribution in [0.1, 0.15) is 23.9 Å². The van der Waals surface area contributed by atoms with Crippen molar-refractivity contribution in [2.45, 2.75) is 38.6 Å². The fraction of sp³-hybridized carbons (Fsp3) is 0.400. The van der Waals surface area contributed by atoms with E-state index in [1.807, 2.05) is 31.2 Å². The molecule has 1 aromatic heterocycles. The fourth-order valence-electron chi connectivity index (χ4n) is 2.15. The second-order valence-corrected chi connectivity index (χ2v) is 6.90. The van der Waals surface area contributed by atoms with Gasteiger partial charge in [-0.05, 0) is 39.3 Å². The van der Waals surface area contributed by atoms with E-state index in [0.717, 1.165) is 11.3 Å². The van der Waals surface area contributed by atoms with E-state index in [-0.39, 0.29) is 17.3 Å². The van der Waals surface area contributed by atoms with Crippen molar-refractivity contribution in [2.75, 3.05) is 6.61 Å². The number of sulfonamides is 1. The first-order valence-corrected chi connectivity index (χ1v) is 8.43. The number of ether oxygens (including phenoxy) is 1. The summed E-state index contributed by atoms with van der Waals surface area (Å²) in [6.07, 6.45) is 0. The molecule has 0 aliphatic rings. The van der Waals surface area contributed by atoms with Gasteiger partial charge in [0.25, 0.3) is 0 Å². The van der Waals surface area contributed by atoms with Gasteiger partial charge >= 0.3 is 0 Å². The Morgan fingerprint density at radius 1 is 1.27 bits per heavy atom. The molecular weight excluding hydrogens is 304 g/mol. The number of hydrogen-bond acceptors (Lipinski definition) is 5. The van der Waals surface area contributed by atoms with Crippen molar-refractivity contribution in [3.05, 3.63) is 41.3 Å². The van der Waals surface area contributed by atoms with Gasteiger partial charge in [0.05, 0.1) is 6.04 Å². The van der Waals surface area contributed by atoms with Crippen LogP contribution in [0, 0.1) is 20.8 Å². The first-order valence-electron chi connectivity index (χ1n) is 6.95. The van der Waals surface area contributed by atoms with Crippen molar-refractivity contribution in [3.63, 3.8) is 0 Å². The fourth-order valence-corrected chi connectivity index (χ4v) is 3.71. The Hall–Kier alpha value is -1.86. The second-order valence-electron chi connectivity index (χ2n) is 5.25. The molecule has 0 aliphatic carbocycles. The second kappa shape index (κ2) is 6.50. The first kappa shape index (κ1) is 16.5. The van der Waals surface area contributed by atoms with Gasteiger partial charge in [0.2, 0.25) is 10.0 Å². The van der Waals surface area contributed by atoms with E-state index in [1.165, 1.54) is 0 Å². The molecule has 0 fully saturated rings. The molecule has 0 saturated carbocycles. The van der Waals surface area contributed by atoms with Crippen LogP contribution in [0.4, 0.5) is 0 Å². The van der Waals surface area contributed by atoms with E-state index in [4.69, 9.17) is 9.26 Å². The molecule has 2 aromatic rings. The normalized spacial score (nSPS) is 13.1. The Balaban J connectivity index is 2.03. The Kier molecular flexibility index (Phi) is 4.87. The molecule has 1 unspecified atom stereocenters. The summed E-state index contributed by atoms with van der Waals surface area (Å²) in [6, 6.07) is 7.20. The number of hydrogen-bond donors (Lipinski definition) is 1. The topological polar surface area (TPSA) is 81.4 Å². The molecule has 22 heavy (non-hydrogen) atoms. The van der Waals surface area contributed by atoms with Gasteiger partial charge in [0.1, 0.15) is 22.9 Å². The van der Waals surface area contributed by atoms with E-state index < -0.39 is 16.1 Å². The zero-order chi connectivity index (χ0) is 16.3. The molecule has 6 nitrogen and oxygen atoms in total. The molecule has 0 aliphatic heterocycles. The molecule has 1 atom stereocenters. The van der Waals surface area contributed by atoms with Crippen LogP contribution in [-0.4, -0.2) is 26.2 Å². The predicted molar refractivity (Wildman–Crippen MR) is 82.4 cm³/mol. The summed E-state index contributed by atoms with van der Waals surface area (Å²) in [5.74, 6) is 1.02. The van der Waals surface area contributed by atoms with Gasteiger partial charge in [0, 0.05) is 0 Å². The van der Waals surface area contributed by atoms with E-state index in [1.54, 1.807) is 20.8 Å². The third-order valence-corrected chi connectivity index (χ3v) is 5.01. The molecule has 120 valence electrons. The largest absolute Gasteiger partial charge is 0.492 e. The molecule has 0 saturated heterocycles. The summed E-state index contributed by atoms with van der Waals surface area (Å²) in [7, 11) is -3.68. The molecule has 1 heterocycles. The lowest BCUT2D eigenvalue weighted by atomic mass is 10.2. The van der Waals surface area contributed by atoms with Gasteiger partial charge in [0.15, 0.2) is 5.76 Å². The van der Waals surface area contributed by atoms with Crippen molar-refractivity contribution >= 4 is 10.0 Å². The average Bonchev–Trinajstić information content (AvgIpc) is 2.77. The number of nitrogens with one attached hydrogen (secondary N) is 1. The van der Waals surface area contributed by atoms with Crippen LogP contribution < -0.4 is 9.46 Å². The molecule has 0 amide bonds. The maximum atomic E-state index is 12.4. The number of benzene rings is 1. The lowest BCUT2D eigenvalue weighted by Crippen LogP contribution is -2.37. The Bertz CT molecular complexity index is 733.